The van der Waals surface area contributed by atoms with Gasteiger partial charge in [0.25, 0.3) is 0 Å². The standard InChI is InChI=1S/C22H24BrCl2N3O3/c23-16-6-8-18(9-7-16)30-10-11-31-21-19(24)12-15(13-20(21)25)14-26-28-22(29)27-17-4-2-1-3-5-17/h6-9,12-14,17H,1-5,10-11H2,(H2,27,28,29)/b26-14-. The van der Waals surface area contributed by atoms with Gasteiger partial charge in [0.2, 0.25) is 0 Å². The van der Waals surface area contributed by atoms with Crippen molar-refractivity contribution in [3.05, 3.63) is 56.5 Å². The van der Waals surface area contributed by atoms with Gasteiger partial charge in [0.05, 0.1) is 16.3 Å². The first-order valence-corrected chi connectivity index (χ1v) is 11.7. The van der Waals surface area contributed by atoms with Crippen LogP contribution in [0.5, 0.6) is 11.5 Å². The summed E-state index contributed by atoms with van der Waals surface area (Å²) in [5.74, 6) is 1.12. The molecule has 2 amide bonds. The van der Waals surface area contributed by atoms with Crippen molar-refractivity contribution >= 4 is 51.4 Å². The van der Waals surface area contributed by atoms with Gasteiger partial charge in [-0.2, -0.15) is 5.10 Å². The van der Waals surface area contributed by atoms with E-state index in [-0.39, 0.29) is 18.7 Å². The molecule has 0 unspecified atom stereocenters. The lowest BCUT2D eigenvalue weighted by atomic mass is 9.96. The van der Waals surface area contributed by atoms with Crippen molar-refractivity contribution in [2.45, 2.75) is 38.1 Å². The lowest BCUT2D eigenvalue weighted by Crippen LogP contribution is -2.41. The molecule has 0 spiro atoms. The minimum absolute atomic E-state index is 0.219. The molecule has 1 fully saturated rings. The zero-order chi connectivity index (χ0) is 22.1. The van der Waals surface area contributed by atoms with Crippen molar-refractivity contribution in [1.82, 2.24) is 10.7 Å². The number of carbonyl (C=O) groups excluding carboxylic acids is 1. The van der Waals surface area contributed by atoms with E-state index in [1.165, 1.54) is 12.6 Å². The first-order chi connectivity index (χ1) is 15.0. The van der Waals surface area contributed by atoms with E-state index in [0.29, 0.717) is 28.0 Å². The van der Waals surface area contributed by atoms with E-state index in [4.69, 9.17) is 32.7 Å². The zero-order valence-corrected chi connectivity index (χ0v) is 20.0. The van der Waals surface area contributed by atoms with Crippen LogP contribution in [-0.2, 0) is 0 Å². The van der Waals surface area contributed by atoms with Crippen LogP contribution in [-0.4, -0.2) is 31.5 Å². The normalized spacial score (nSPS) is 14.4. The topological polar surface area (TPSA) is 72.0 Å². The second-order valence-electron chi connectivity index (χ2n) is 7.14. The van der Waals surface area contributed by atoms with Crippen molar-refractivity contribution in [2.24, 2.45) is 5.10 Å². The van der Waals surface area contributed by atoms with Gasteiger partial charge in [0.1, 0.15) is 19.0 Å². The Kier molecular flexibility index (Phi) is 9.31. The minimum Gasteiger partial charge on any atom is -0.490 e. The summed E-state index contributed by atoms with van der Waals surface area (Å²) in [6.45, 7) is 0.628. The molecule has 1 saturated carbocycles. The van der Waals surface area contributed by atoms with Crippen molar-refractivity contribution in [3.63, 3.8) is 0 Å². The SMILES string of the molecule is O=C(N/N=C\c1cc(Cl)c(OCCOc2ccc(Br)cc2)c(Cl)c1)NC1CCCCC1. The fraction of sp³-hybridized carbons (Fsp3) is 0.364. The summed E-state index contributed by atoms with van der Waals surface area (Å²) >= 11 is 16.0. The molecule has 2 N–H and O–H groups in total. The van der Waals surface area contributed by atoms with Gasteiger partial charge in [-0.1, -0.05) is 58.4 Å². The van der Waals surface area contributed by atoms with E-state index in [1.807, 2.05) is 24.3 Å². The number of rotatable bonds is 8. The molecular weight excluding hydrogens is 505 g/mol. The molecule has 9 heteroatoms. The van der Waals surface area contributed by atoms with E-state index in [2.05, 4.69) is 31.8 Å². The zero-order valence-electron chi connectivity index (χ0n) is 16.9. The maximum atomic E-state index is 11.9. The average molecular weight is 529 g/mol. The third-order valence-corrected chi connectivity index (χ3v) is 5.84. The summed E-state index contributed by atoms with van der Waals surface area (Å²) in [6, 6.07) is 10.8. The number of hydrazone groups is 1. The molecule has 0 aliphatic heterocycles. The molecule has 0 aromatic heterocycles. The summed E-state index contributed by atoms with van der Waals surface area (Å²) in [7, 11) is 0. The number of halogens is 3. The Morgan fingerprint density at radius 1 is 1.06 bits per heavy atom. The highest BCUT2D eigenvalue weighted by molar-refractivity contribution is 9.10. The molecule has 31 heavy (non-hydrogen) atoms. The molecule has 6 nitrogen and oxygen atoms in total. The maximum Gasteiger partial charge on any atom is 0.335 e. The summed E-state index contributed by atoms with van der Waals surface area (Å²) in [6.07, 6.45) is 7.04. The highest BCUT2D eigenvalue weighted by atomic mass is 79.9. The van der Waals surface area contributed by atoms with Gasteiger partial charge in [-0.25, -0.2) is 10.2 Å². The molecule has 2 aromatic rings. The molecule has 0 bridgehead atoms. The number of benzene rings is 2. The summed E-state index contributed by atoms with van der Waals surface area (Å²) in [5.41, 5.74) is 3.12. The van der Waals surface area contributed by atoms with Crippen LogP contribution in [0.15, 0.2) is 46.0 Å². The largest absolute Gasteiger partial charge is 0.490 e. The first kappa shape index (κ1) is 23.7. The summed E-state index contributed by atoms with van der Waals surface area (Å²) in [4.78, 5) is 11.9. The number of urea groups is 1. The smallest absolute Gasteiger partial charge is 0.335 e. The highest BCUT2D eigenvalue weighted by Crippen LogP contribution is 2.33. The third kappa shape index (κ3) is 7.91. The van der Waals surface area contributed by atoms with Gasteiger partial charge in [0, 0.05) is 10.5 Å². The van der Waals surface area contributed by atoms with E-state index < -0.39 is 0 Å². The van der Waals surface area contributed by atoms with Gasteiger partial charge in [-0.15, -0.1) is 0 Å². The third-order valence-electron chi connectivity index (χ3n) is 4.75. The van der Waals surface area contributed by atoms with Crippen molar-refractivity contribution in [3.8, 4) is 11.5 Å². The van der Waals surface area contributed by atoms with Crippen LogP contribution >= 0.6 is 39.1 Å². The van der Waals surface area contributed by atoms with Crippen LogP contribution in [0.2, 0.25) is 10.0 Å². The molecule has 0 radical (unpaired) electrons. The number of amides is 2. The fourth-order valence-corrected chi connectivity index (χ4v) is 4.13. The summed E-state index contributed by atoms with van der Waals surface area (Å²) < 4.78 is 12.3. The van der Waals surface area contributed by atoms with E-state index in [0.717, 1.165) is 35.9 Å². The van der Waals surface area contributed by atoms with E-state index >= 15 is 0 Å². The number of nitrogens with zero attached hydrogens (tertiary/aromatic N) is 1. The molecule has 0 atom stereocenters. The van der Waals surface area contributed by atoms with Gasteiger partial charge in [-0.05, 0) is 54.8 Å². The van der Waals surface area contributed by atoms with Gasteiger partial charge in [0.15, 0.2) is 5.75 Å². The number of ether oxygens (including phenoxy) is 2. The maximum absolute atomic E-state index is 11.9. The molecule has 0 saturated heterocycles. The van der Waals surface area contributed by atoms with E-state index in [1.54, 1.807) is 12.1 Å². The second-order valence-corrected chi connectivity index (χ2v) is 8.87. The number of nitrogens with one attached hydrogen (secondary N) is 2. The van der Waals surface area contributed by atoms with Crippen molar-refractivity contribution < 1.29 is 14.3 Å². The highest BCUT2D eigenvalue weighted by Gasteiger charge is 2.15. The van der Waals surface area contributed by atoms with Crippen LogP contribution in [0.25, 0.3) is 0 Å². The molecule has 0 heterocycles. The molecule has 1 aliphatic rings. The first-order valence-electron chi connectivity index (χ1n) is 10.1. The van der Waals surface area contributed by atoms with Gasteiger partial charge >= 0.3 is 6.03 Å². The lowest BCUT2D eigenvalue weighted by Gasteiger charge is -2.22. The number of carbonyl (C=O) groups is 1. The predicted octanol–water partition coefficient (Wildman–Crippen LogP) is 6.18. The monoisotopic (exact) mass is 527 g/mol. The Bertz CT molecular complexity index is 880. The Morgan fingerprint density at radius 3 is 2.39 bits per heavy atom. The Labute approximate surface area is 200 Å². The Balaban J connectivity index is 1.45. The summed E-state index contributed by atoms with van der Waals surface area (Å²) in [5, 5.41) is 7.60. The van der Waals surface area contributed by atoms with Crippen LogP contribution in [0, 0.1) is 0 Å². The molecule has 1 aliphatic carbocycles. The van der Waals surface area contributed by atoms with Crippen molar-refractivity contribution in [2.75, 3.05) is 13.2 Å². The quantitative estimate of drug-likeness (QED) is 0.244. The van der Waals surface area contributed by atoms with Crippen LogP contribution < -0.4 is 20.2 Å². The Hall–Kier alpha value is -1.96. The van der Waals surface area contributed by atoms with Crippen LogP contribution in [0.1, 0.15) is 37.7 Å². The van der Waals surface area contributed by atoms with Gasteiger partial charge < -0.3 is 14.8 Å². The second kappa shape index (κ2) is 12.2. The lowest BCUT2D eigenvalue weighted by molar-refractivity contribution is 0.217. The Morgan fingerprint density at radius 2 is 1.71 bits per heavy atom. The molecule has 2 aromatic carbocycles. The van der Waals surface area contributed by atoms with E-state index in [9.17, 15) is 4.79 Å². The minimum atomic E-state index is -0.314. The molecular formula is C22H24BrCl2N3O3. The number of hydrogen-bond acceptors (Lipinski definition) is 4. The van der Waals surface area contributed by atoms with Crippen LogP contribution in [0.3, 0.4) is 0 Å². The molecule has 3 rings (SSSR count). The number of hydrogen-bond donors (Lipinski definition) is 2. The average Bonchev–Trinajstić information content (AvgIpc) is 2.74. The molecule has 166 valence electrons. The predicted molar refractivity (Wildman–Crippen MR) is 128 cm³/mol. The fourth-order valence-electron chi connectivity index (χ4n) is 3.26. The van der Waals surface area contributed by atoms with Crippen LogP contribution in [0.4, 0.5) is 4.79 Å². The van der Waals surface area contributed by atoms with Crippen molar-refractivity contribution in [1.29, 1.82) is 0 Å². The van der Waals surface area contributed by atoms with Gasteiger partial charge in [-0.3, -0.25) is 0 Å².